The van der Waals surface area contributed by atoms with E-state index in [-0.39, 0.29) is 0 Å². The quantitative estimate of drug-likeness (QED) is 0.407. The smallest absolute Gasteiger partial charge is 0.156 e. The molecule has 0 heterocycles. The molecular weight excluding hydrogens is 112 g/mol. The van der Waals surface area contributed by atoms with Crippen LogP contribution in [0.2, 0.25) is 0 Å². The Morgan fingerprint density at radius 2 is 2.22 bits per heavy atom. The fourth-order valence-electron chi connectivity index (χ4n) is 0.566. The van der Waals surface area contributed by atoms with E-state index < -0.39 is 0 Å². The SMILES string of the molecule is C/C=[C]/OCCCCC. The number of rotatable bonds is 5. The van der Waals surface area contributed by atoms with E-state index in [1.807, 2.05) is 6.92 Å². The molecule has 0 saturated heterocycles. The molecule has 0 aliphatic carbocycles. The highest BCUT2D eigenvalue weighted by Gasteiger charge is 1.82. The molecule has 9 heavy (non-hydrogen) atoms. The molecule has 0 bridgehead atoms. The van der Waals surface area contributed by atoms with Crippen LogP contribution in [0.15, 0.2) is 6.08 Å². The van der Waals surface area contributed by atoms with Crippen LogP contribution in [0.1, 0.15) is 33.1 Å². The lowest BCUT2D eigenvalue weighted by Gasteiger charge is -1.95. The largest absolute Gasteiger partial charge is 0.490 e. The van der Waals surface area contributed by atoms with Gasteiger partial charge >= 0.3 is 0 Å². The lowest BCUT2D eigenvalue weighted by atomic mass is 10.3. The average Bonchev–Trinajstić information content (AvgIpc) is 1.89. The van der Waals surface area contributed by atoms with Gasteiger partial charge < -0.3 is 4.74 Å². The van der Waals surface area contributed by atoms with E-state index >= 15 is 0 Å². The number of ether oxygens (including phenoxy) is 1. The first-order valence-electron chi connectivity index (χ1n) is 3.57. The number of allylic oxidation sites excluding steroid dienone is 1. The average molecular weight is 127 g/mol. The van der Waals surface area contributed by atoms with E-state index in [0.717, 1.165) is 13.0 Å². The van der Waals surface area contributed by atoms with Crippen molar-refractivity contribution >= 4 is 0 Å². The maximum Gasteiger partial charge on any atom is 0.156 e. The fraction of sp³-hybridized carbons (Fsp3) is 0.750. The van der Waals surface area contributed by atoms with E-state index in [1.54, 1.807) is 6.08 Å². The molecule has 0 amide bonds. The van der Waals surface area contributed by atoms with Gasteiger partial charge in [-0.2, -0.15) is 0 Å². The molecule has 0 aromatic rings. The summed E-state index contributed by atoms with van der Waals surface area (Å²) in [5.74, 6) is 0. The topological polar surface area (TPSA) is 9.23 Å². The first-order chi connectivity index (χ1) is 4.41. The summed E-state index contributed by atoms with van der Waals surface area (Å²) in [6, 6.07) is 0. The highest BCUT2D eigenvalue weighted by Crippen LogP contribution is 1.93. The van der Waals surface area contributed by atoms with Crippen LogP contribution in [0.5, 0.6) is 0 Å². The van der Waals surface area contributed by atoms with Gasteiger partial charge in [-0.05, 0) is 19.4 Å². The lowest BCUT2D eigenvalue weighted by molar-refractivity contribution is 0.221. The third-order valence-electron chi connectivity index (χ3n) is 1.05. The molecule has 0 saturated carbocycles. The maximum atomic E-state index is 4.98. The van der Waals surface area contributed by atoms with Crippen molar-refractivity contribution in [3.63, 3.8) is 0 Å². The second-order valence-corrected chi connectivity index (χ2v) is 1.96. The molecule has 0 atom stereocenters. The number of hydrogen-bond donors (Lipinski definition) is 0. The molecule has 0 spiro atoms. The van der Waals surface area contributed by atoms with Crippen LogP contribution >= 0.6 is 0 Å². The molecule has 0 rings (SSSR count). The Morgan fingerprint density at radius 3 is 2.78 bits per heavy atom. The van der Waals surface area contributed by atoms with Crippen LogP contribution in [0.4, 0.5) is 0 Å². The van der Waals surface area contributed by atoms with Crippen LogP contribution in [-0.4, -0.2) is 6.61 Å². The van der Waals surface area contributed by atoms with Crippen molar-refractivity contribution in [1.29, 1.82) is 0 Å². The summed E-state index contributed by atoms with van der Waals surface area (Å²) in [7, 11) is 0. The summed E-state index contributed by atoms with van der Waals surface area (Å²) < 4.78 is 4.98. The van der Waals surface area contributed by atoms with E-state index in [1.165, 1.54) is 12.8 Å². The Balaban J connectivity index is 2.75. The Hall–Kier alpha value is -0.460. The second-order valence-electron chi connectivity index (χ2n) is 1.96. The third kappa shape index (κ3) is 7.54. The van der Waals surface area contributed by atoms with Gasteiger partial charge in [0.15, 0.2) is 6.26 Å². The van der Waals surface area contributed by atoms with E-state index in [0.29, 0.717) is 0 Å². The van der Waals surface area contributed by atoms with Crippen molar-refractivity contribution in [3.05, 3.63) is 12.3 Å². The van der Waals surface area contributed by atoms with Crippen molar-refractivity contribution in [1.82, 2.24) is 0 Å². The molecule has 0 aliphatic rings. The van der Waals surface area contributed by atoms with Gasteiger partial charge in [-0.3, -0.25) is 0 Å². The zero-order valence-electron chi connectivity index (χ0n) is 6.31. The highest BCUT2D eigenvalue weighted by molar-refractivity contribution is 4.55. The summed E-state index contributed by atoms with van der Waals surface area (Å²) in [6.45, 7) is 4.90. The van der Waals surface area contributed by atoms with Gasteiger partial charge in [0.2, 0.25) is 0 Å². The zero-order chi connectivity index (χ0) is 6.95. The van der Waals surface area contributed by atoms with E-state index in [2.05, 4.69) is 13.2 Å². The zero-order valence-corrected chi connectivity index (χ0v) is 6.31. The molecule has 0 fully saturated rings. The molecule has 0 aromatic heterocycles. The van der Waals surface area contributed by atoms with Crippen molar-refractivity contribution in [2.45, 2.75) is 33.1 Å². The molecule has 1 nitrogen and oxygen atoms in total. The molecular formula is C8H15O. The first-order valence-corrected chi connectivity index (χ1v) is 3.57. The van der Waals surface area contributed by atoms with Crippen molar-refractivity contribution in [2.24, 2.45) is 0 Å². The summed E-state index contributed by atoms with van der Waals surface area (Å²) >= 11 is 0. The van der Waals surface area contributed by atoms with Gasteiger partial charge in [-0.25, -0.2) is 0 Å². The molecule has 0 aromatic carbocycles. The van der Waals surface area contributed by atoms with Gasteiger partial charge in [0, 0.05) is 0 Å². The predicted octanol–water partition coefficient (Wildman–Crippen LogP) is 2.53. The van der Waals surface area contributed by atoms with Gasteiger partial charge in [0.25, 0.3) is 0 Å². The molecule has 0 N–H and O–H groups in total. The van der Waals surface area contributed by atoms with Crippen LogP contribution in [-0.2, 0) is 4.74 Å². The summed E-state index contributed by atoms with van der Waals surface area (Å²) in [4.78, 5) is 0. The van der Waals surface area contributed by atoms with Crippen molar-refractivity contribution < 1.29 is 4.74 Å². The summed E-state index contributed by atoms with van der Waals surface area (Å²) in [5, 5.41) is 0. The molecule has 1 heteroatoms. The van der Waals surface area contributed by atoms with Gasteiger partial charge in [-0.15, -0.1) is 0 Å². The Kier molecular flexibility index (Phi) is 7.15. The number of hydrogen-bond acceptors (Lipinski definition) is 1. The van der Waals surface area contributed by atoms with Crippen molar-refractivity contribution in [2.75, 3.05) is 6.61 Å². The van der Waals surface area contributed by atoms with E-state index in [9.17, 15) is 0 Å². The van der Waals surface area contributed by atoms with Crippen LogP contribution in [0.25, 0.3) is 0 Å². The fourth-order valence-corrected chi connectivity index (χ4v) is 0.566. The Bertz CT molecular complexity index is 67.0. The van der Waals surface area contributed by atoms with Crippen molar-refractivity contribution in [3.8, 4) is 0 Å². The normalized spacial score (nSPS) is 10.4. The summed E-state index contributed by atoms with van der Waals surface area (Å²) in [6.07, 6.45) is 8.12. The second kappa shape index (κ2) is 7.54. The first kappa shape index (κ1) is 8.54. The van der Waals surface area contributed by atoms with Gasteiger partial charge in [-0.1, -0.05) is 19.8 Å². The minimum absolute atomic E-state index is 0.818. The van der Waals surface area contributed by atoms with Crippen LogP contribution in [0, 0.1) is 6.26 Å². The lowest BCUT2D eigenvalue weighted by Crippen LogP contribution is -1.86. The number of unbranched alkanes of at least 4 members (excludes halogenated alkanes) is 2. The molecule has 1 radical (unpaired) electrons. The molecule has 0 unspecified atom stereocenters. The molecule has 0 aliphatic heterocycles. The van der Waals surface area contributed by atoms with Crippen LogP contribution < -0.4 is 0 Å². The maximum absolute atomic E-state index is 4.98. The van der Waals surface area contributed by atoms with Crippen LogP contribution in [0.3, 0.4) is 0 Å². The predicted molar refractivity (Wildman–Crippen MR) is 39.0 cm³/mol. The monoisotopic (exact) mass is 127 g/mol. The minimum Gasteiger partial charge on any atom is -0.490 e. The van der Waals surface area contributed by atoms with E-state index in [4.69, 9.17) is 4.74 Å². The Morgan fingerprint density at radius 1 is 1.44 bits per heavy atom. The highest BCUT2D eigenvalue weighted by atomic mass is 16.5. The Labute approximate surface area is 57.7 Å². The molecule has 53 valence electrons. The van der Waals surface area contributed by atoms with Gasteiger partial charge in [0.05, 0.1) is 6.61 Å². The standard InChI is InChI=1S/C8H15O/c1-3-5-6-8-9-7-4-2/h4H,3,5-6,8H2,1-2H3. The summed E-state index contributed by atoms with van der Waals surface area (Å²) in [5.41, 5.74) is 0. The minimum atomic E-state index is 0.818. The third-order valence-corrected chi connectivity index (χ3v) is 1.05. The van der Waals surface area contributed by atoms with Gasteiger partial charge in [0.1, 0.15) is 0 Å².